The number of aryl methyl sites for hydroxylation is 2. The second-order valence-corrected chi connectivity index (χ2v) is 6.91. The third-order valence-electron chi connectivity index (χ3n) is 3.33. The molecule has 5 nitrogen and oxygen atoms in total. The highest BCUT2D eigenvalue weighted by Gasteiger charge is 2.16. The number of anilines is 2. The van der Waals surface area contributed by atoms with E-state index in [-0.39, 0.29) is 22.8 Å². The van der Waals surface area contributed by atoms with Crippen molar-refractivity contribution >= 4 is 35.1 Å². The van der Waals surface area contributed by atoms with Gasteiger partial charge in [0.2, 0.25) is 11.8 Å². The first-order chi connectivity index (χ1) is 11.4. The number of benzene rings is 1. The number of aromatic nitrogens is 1. The molecule has 1 atom stereocenters. The van der Waals surface area contributed by atoms with Gasteiger partial charge >= 0.3 is 0 Å². The minimum absolute atomic E-state index is 0.128. The molecule has 0 aliphatic carbocycles. The van der Waals surface area contributed by atoms with Gasteiger partial charge in [0.25, 0.3) is 0 Å². The van der Waals surface area contributed by atoms with Crippen molar-refractivity contribution in [3.05, 3.63) is 53.7 Å². The summed E-state index contributed by atoms with van der Waals surface area (Å²) in [4.78, 5) is 28.2. The number of thioether (sulfide) groups is 1. The molecule has 0 saturated carbocycles. The third kappa shape index (κ3) is 5.70. The molecular weight excluding hydrogens is 322 g/mol. The fourth-order valence-corrected chi connectivity index (χ4v) is 2.56. The molecule has 1 aromatic heterocycles. The van der Waals surface area contributed by atoms with Crippen molar-refractivity contribution in [2.45, 2.75) is 26.0 Å². The van der Waals surface area contributed by atoms with Gasteiger partial charge in [-0.25, -0.2) is 4.98 Å². The second-order valence-electron chi connectivity index (χ2n) is 5.58. The van der Waals surface area contributed by atoms with Crippen LogP contribution >= 0.6 is 11.8 Å². The molecule has 0 aliphatic heterocycles. The summed E-state index contributed by atoms with van der Waals surface area (Å²) < 4.78 is 0. The van der Waals surface area contributed by atoms with E-state index >= 15 is 0 Å². The van der Waals surface area contributed by atoms with Crippen LogP contribution < -0.4 is 10.6 Å². The van der Waals surface area contributed by atoms with Crippen molar-refractivity contribution in [1.29, 1.82) is 0 Å². The number of carbonyl (C=O) groups is 2. The van der Waals surface area contributed by atoms with Gasteiger partial charge in [0.1, 0.15) is 5.82 Å². The molecule has 6 heteroatoms. The first-order valence-electron chi connectivity index (χ1n) is 7.65. The molecule has 0 spiro atoms. The van der Waals surface area contributed by atoms with E-state index in [1.165, 1.54) is 11.8 Å². The van der Waals surface area contributed by atoms with Gasteiger partial charge in [-0.05, 0) is 44.5 Å². The van der Waals surface area contributed by atoms with Gasteiger partial charge in [-0.1, -0.05) is 23.8 Å². The molecule has 2 N–H and O–H groups in total. The van der Waals surface area contributed by atoms with E-state index in [1.807, 2.05) is 44.2 Å². The van der Waals surface area contributed by atoms with E-state index in [9.17, 15) is 9.59 Å². The fourth-order valence-electron chi connectivity index (χ4n) is 1.88. The summed E-state index contributed by atoms with van der Waals surface area (Å²) in [5, 5.41) is 5.21. The summed E-state index contributed by atoms with van der Waals surface area (Å²) in [6.07, 6.45) is 1.70. The summed E-state index contributed by atoms with van der Waals surface area (Å²) in [5.74, 6) is 0.433. The topological polar surface area (TPSA) is 71.1 Å². The largest absolute Gasteiger partial charge is 0.325 e. The summed E-state index contributed by atoms with van der Waals surface area (Å²) >= 11 is 1.29. The van der Waals surface area contributed by atoms with Crippen molar-refractivity contribution in [2.75, 3.05) is 16.4 Å². The predicted octanol–water partition coefficient (Wildman–Crippen LogP) is 3.40. The van der Waals surface area contributed by atoms with Crippen LogP contribution in [0, 0.1) is 13.8 Å². The monoisotopic (exact) mass is 343 g/mol. The van der Waals surface area contributed by atoms with Gasteiger partial charge in [-0.15, -0.1) is 11.8 Å². The average Bonchev–Trinajstić information content (AvgIpc) is 2.57. The average molecular weight is 343 g/mol. The minimum atomic E-state index is -0.350. The van der Waals surface area contributed by atoms with Crippen molar-refractivity contribution in [2.24, 2.45) is 0 Å². The van der Waals surface area contributed by atoms with E-state index in [2.05, 4.69) is 15.6 Å². The van der Waals surface area contributed by atoms with E-state index in [1.54, 1.807) is 19.2 Å². The number of nitrogens with one attached hydrogen (secondary N) is 2. The van der Waals surface area contributed by atoms with Gasteiger partial charge in [-0.3, -0.25) is 9.59 Å². The van der Waals surface area contributed by atoms with Gasteiger partial charge in [-0.2, -0.15) is 0 Å². The standard InChI is InChI=1S/C18H21N3O2S/c1-12-4-7-15(8-5-12)20-17(22)11-24-14(3)18(23)21-16-9-6-13(2)10-19-16/h4-10,14H,11H2,1-3H3,(H,20,22)(H,19,21,23). The van der Waals surface area contributed by atoms with Gasteiger partial charge in [0.05, 0.1) is 11.0 Å². The van der Waals surface area contributed by atoms with Crippen LogP contribution in [0.2, 0.25) is 0 Å². The van der Waals surface area contributed by atoms with Crippen LogP contribution in [0.3, 0.4) is 0 Å². The molecule has 2 aromatic rings. The Hall–Kier alpha value is -2.34. The third-order valence-corrected chi connectivity index (χ3v) is 4.47. The summed E-state index contributed by atoms with van der Waals surface area (Å²) in [6.45, 7) is 5.70. The van der Waals surface area contributed by atoms with Crippen LogP contribution in [0.4, 0.5) is 11.5 Å². The Kier molecular flexibility index (Phi) is 6.37. The van der Waals surface area contributed by atoms with Crippen LogP contribution in [0.15, 0.2) is 42.6 Å². The number of hydrogen-bond acceptors (Lipinski definition) is 4. The molecule has 0 aliphatic rings. The molecule has 0 saturated heterocycles. The molecule has 126 valence electrons. The number of amides is 2. The fraction of sp³-hybridized carbons (Fsp3) is 0.278. The Balaban J connectivity index is 1.77. The lowest BCUT2D eigenvalue weighted by molar-refractivity contribution is -0.115. The number of pyridine rings is 1. The van der Waals surface area contributed by atoms with Gasteiger partial charge < -0.3 is 10.6 Å². The lowest BCUT2D eigenvalue weighted by atomic mass is 10.2. The molecule has 0 fully saturated rings. The molecular formula is C18H21N3O2S. The Morgan fingerprint density at radius 3 is 2.33 bits per heavy atom. The SMILES string of the molecule is Cc1ccc(NC(=O)CSC(C)C(=O)Nc2ccc(C)cn2)cc1. The van der Waals surface area contributed by atoms with Crippen LogP contribution in [-0.4, -0.2) is 27.8 Å². The zero-order valence-electron chi connectivity index (χ0n) is 14.0. The molecule has 24 heavy (non-hydrogen) atoms. The minimum Gasteiger partial charge on any atom is -0.325 e. The zero-order chi connectivity index (χ0) is 17.5. The highest BCUT2D eigenvalue weighted by atomic mass is 32.2. The summed E-state index contributed by atoms with van der Waals surface area (Å²) in [5.41, 5.74) is 2.92. The number of hydrogen-bond donors (Lipinski definition) is 2. The van der Waals surface area contributed by atoms with Crippen molar-refractivity contribution in [3.63, 3.8) is 0 Å². The maximum Gasteiger partial charge on any atom is 0.238 e. The molecule has 0 radical (unpaired) electrons. The smallest absolute Gasteiger partial charge is 0.238 e. The normalized spacial score (nSPS) is 11.6. The Morgan fingerprint density at radius 2 is 1.71 bits per heavy atom. The van der Waals surface area contributed by atoms with Gasteiger partial charge in [0.15, 0.2) is 0 Å². The Labute approximate surface area is 146 Å². The zero-order valence-corrected chi connectivity index (χ0v) is 14.8. The highest BCUT2D eigenvalue weighted by molar-refractivity contribution is 8.01. The lowest BCUT2D eigenvalue weighted by Crippen LogP contribution is -2.25. The maximum absolute atomic E-state index is 12.1. The van der Waals surface area contributed by atoms with Crippen LogP contribution in [0.5, 0.6) is 0 Å². The van der Waals surface area contributed by atoms with E-state index < -0.39 is 0 Å². The Morgan fingerprint density at radius 1 is 1.04 bits per heavy atom. The first-order valence-corrected chi connectivity index (χ1v) is 8.70. The summed E-state index contributed by atoms with van der Waals surface area (Å²) in [7, 11) is 0. The molecule has 1 heterocycles. The maximum atomic E-state index is 12.1. The molecule has 1 aromatic carbocycles. The van der Waals surface area contributed by atoms with Gasteiger partial charge in [0, 0.05) is 11.9 Å². The quantitative estimate of drug-likeness (QED) is 0.843. The van der Waals surface area contributed by atoms with Crippen molar-refractivity contribution in [3.8, 4) is 0 Å². The second kappa shape index (κ2) is 8.49. The number of nitrogens with zero attached hydrogens (tertiary/aromatic N) is 1. The number of rotatable bonds is 6. The van der Waals surface area contributed by atoms with Crippen LogP contribution in [0.25, 0.3) is 0 Å². The highest BCUT2D eigenvalue weighted by Crippen LogP contribution is 2.15. The molecule has 2 amide bonds. The number of carbonyl (C=O) groups excluding carboxylic acids is 2. The summed E-state index contributed by atoms with van der Waals surface area (Å²) in [6, 6.07) is 11.2. The lowest BCUT2D eigenvalue weighted by Gasteiger charge is -2.12. The molecule has 1 unspecified atom stereocenters. The predicted molar refractivity (Wildman–Crippen MR) is 99.3 cm³/mol. The van der Waals surface area contributed by atoms with E-state index in [0.29, 0.717) is 5.82 Å². The Bertz CT molecular complexity index is 699. The van der Waals surface area contributed by atoms with Crippen LogP contribution in [0.1, 0.15) is 18.1 Å². The van der Waals surface area contributed by atoms with Crippen molar-refractivity contribution in [1.82, 2.24) is 4.98 Å². The molecule has 2 rings (SSSR count). The van der Waals surface area contributed by atoms with E-state index in [4.69, 9.17) is 0 Å². The van der Waals surface area contributed by atoms with Crippen LogP contribution in [-0.2, 0) is 9.59 Å². The van der Waals surface area contributed by atoms with Crippen molar-refractivity contribution < 1.29 is 9.59 Å². The van der Waals surface area contributed by atoms with E-state index in [0.717, 1.165) is 16.8 Å². The molecule has 0 bridgehead atoms. The first kappa shape index (κ1) is 18.0.